The molecule has 0 radical (unpaired) electrons. The van der Waals surface area contributed by atoms with Gasteiger partial charge in [-0.15, -0.1) is 11.8 Å². The Labute approximate surface area is 184 Å². The maximum atomic E-state index is 13.4. The molecule has 162 valence electrons. The van der Waals surface area contributed by atoms with Crippen LogP contribution < -0.4 is 10.6 Å². The fourth-order valence-electron chi connectivity index (χ4n) is 5.21. The lowest BCUT2D eigenvalue weighted by atomic mass is 9.70. The number of fused-ring (bicyclic) bond motifs is 1. The van der Waals surface area contributed by atoms with Gasteiger partial charge < -0.3 is 20.6 Å². The molecule has 2 unspecified atom stereocenters. The minimum atomic E-state index is -0.725. The topological polar surface area (TPSA) is 98.7 Å². The Kier molecular flexibility index (Phi) is 6.01. The minimum absolute atomic E-state index is 0.0397. The standard InChI is InChI=1S/C21H26ClN3O4S/c1-2-9-23-18(27)15-14-7-8-21(30-14)16(15)20(29)25(10-11-26)17(21)19(28)24-13-5-3-12(22)4-6-13/h3-6,14-17,26H,2,7-11H2,1H3,(H,23,27)(H,24,28)/t14-,15+,16+,17?,21?/m1/s1. The summed E-state index contributed by atoms with van der Waals surface area (Å²) in [6, 6.07) is 6.07. The van der Waals surface area contributed by atoms with Crippen LogP contribution in [0.2, 0.25) is 5.02 Å². The van der Waals surface area contributed by atoms with Crippen molar-refractivity contribution < 1.29 is 19.5 Å². The predicted molar refractivity (Wildman–Crippen MR) is 116 cm³/mol. The van der Waals surface area contributed by atoms with E-state index >= 15 is 0 Å². The van der Waals surface area contributed by atoms with Gasteiger partial charge in [0.05, 0.1) is 23.2 Å². The molecule has 2 bridgehead atoms. The normalized spacial score (nSPS) is 31.7. The van der Waals surface area contributed by atoms with Crippen LogP contribution in [0.1, 0.15) is 26.2 Å². The fraction of sp³-hybridized carbons (Fsp3) is 0.571. The van der Waals surface area contributed by atoms with Gasteiger partial charge in [0.25, 0.3) is 0 Å². The van der Waals surface area contributed by atoms with Gasteiger partial charge in [-0.1, -0.05) is 18.5 Å². The Balaban J connectivity index is 1.64. The van der Waals surface area contributed by atoms with E-state index in [0.717, 1.165) is 12.8 Å². The molecule has 0 saturated carbocycles. The van der Waals surface area contributed by atoms with Gasteiger partial charge in [-0.25, -0.2) is 0 Å². The Morgan fingerprint density at radius 2 is 2.03 bits per heavy atom. The summed E-state index contributed by atoms with van der Waals surface area (Å²) in [5.41, 5.74) is 0.593. The molecule has 7 nitrogen and oxygen atoms in total. The largest absolute Gasteiger partial charge is 0.395 e. The minimum Gasteiger partial charge on any atom is -0.395 e. The zero-order valence-corrected chi connectivity index (χ0v) is 18.3. The van der Waals surface area contributed by atoms with Crippen molar-refractivity contribution in [3.63, 3.8) is 0 Å². The van der Waals surface area contributed by atoms with Crippen LogP contribution in [0, 0.1) is 11.8 Å². The van der Waals surface area contributed by atoms with E-state index in [9.17, 15) is 19.5 Å². The molecule has 0 aromatic heterocycles. The van der Waals surface area contributed by atoms with Crippen molar-refractivity contribution in [2.45, 2.75) is 42.2 Å². The summed E-state index contributed by atoms with van der Waals surface area (Å²) < 4.78 is -0.637. The monoisotopic (exact) mass is 451 g/mol. The Bertz CT molecular complexity index is 851. The van der Waals surface area contributed by atoms with Crippen molar-refractivity contribution in [3.8, 4) is 0 Å². The molecule has 3 amide bonds. The molecule has 1 aromatic rings. The van der Waals surface area contributed by atoms with Crippen LogP contribution in [0.4, 0.5) is 5.69 Å². The number of aliphatic hydroxyl groups excluding tert-OH is 1. The van der Waals surface area contributed by atoms with Gasteiger partial charge in [-0.2, -0.15) is 0 Å². The molecule has 0 aliphatic carbocycles. The third-order valence-electron chi connectivity index (χ3n) is 6.35. The van der Waals surface area contributed by atoms with Gasteiger partial charge in [0.1, 0.15) is 6.04 Å². The lowest BCUT2D eigenvalue weighted by molar-refractivity contribution is -0.139. The summed E-state index contributed by atoms with van der Waals surface area (Å²) in [5, 5.41) is 16.0. The third-order valence-corrected chi connectivity index (χ3v) is 8.56. The number of benzene rings is 1. The number of hydrogen-bond donors (Lipinski definition) is 3. The molecule has 3 N–H and O–H groups in total. The Morgan fingerprint density at radius 3 is 2.70 bits per heavy atom. The van der Waals surface area contributed by atoms with Crippen LogP contribution in [0.15, 0.2) is 24.3 Å². The molecule has 30 heavy (non-hydrogen) atoms. The lowest BCUT2D eigenvalue weighted by Crippen LogP contribution is -2.52. The highest BCUT2D eigenvalue weighted by molar-refractivity contribution is 8.02. The summed E-state index contributed by atoms with van der Waals surface area (Å²) in [6.07, 6.45) is 2.33. The quantitative estimate of drug-likeness (QED) is 0.588. The van der Waals surface area contributed by atoms with E-state index in [1.54, 1.807) is 36.0 Å². The van der Waals surface area contributed by atoms with Gasteiger partial charge >= 0.3 is 0 Å². The summed E-state index contributed by atoms with van der Waals surface area (Å²) in [4.78, 5) is 41.1. The number of carbonyl (C=O) groups is 3. The van der Waals surface area contributed by atoms with Crippen LogP contribution in [-0.2, 0) is 14.4 Å². The maximum Gasteiger partial charge on any atom is 0.248 e. The molecule has 3 fully saturated rings. The lowest BCUT2D eigenvalue weighted by Gasteiger charge is -2.34. The molecule has 4 rings (SSSR count). The number of anilines is 1. The molecular formula is C21H26ClN3O4S. The first kappa shape index (κ1) is 21.5. The first-order valence-corrected chi connectivity index (χ1v) is 11.6. The van der Waals surface area contributed by atoms with E-state index in [2.05, 4.69) is 10.6 Å². The highest BCUT2D eigenvalue weighted by atomic mass is 35.5. The molecule has 3 saturated heterocycles. The molecule has 9 heteroatoms. The number of carbonyl (C=O) groups excluding carboxylic acids is 3. The third kappa shape index (κ3) is 3.39. The van der Waals surface area contributed by atoms with Gasteiger partial charge in [0, 0.05) is 29.0 Å². The van der Waals surface area contributed by atoms with Gasteiger partial charge in [-0.3, -0.25) is 14.4 Å². The number of nitrogens with zero attached hydrogens (tertiary/aromatic N) is 1. The zero-order chi connectivity index (χ0) is 21.5. The molecule has 3 aliphatic rings. The van der Waals surface area contributed by atoms with Crippen molar-refractivity contribution in [1.29, 1.82) is 0 Å². The van der Waals surface area contributed by atoms with Gasteiger partial charge in [0.15, 0.2) is 0 Å². The number of hydrogen-bond acceptors (Lipinski definition) is 5. The second-order valence-corrected chi connectivity index (χ2v) is 10.1. The first-order valence-electron chi connectivity index (χ1n) is 10.4. The second kappa shape index (κ2) is 8.40. The Morgan fingerprint density at radius 1 is 1.30 bits per heavy atom. The molecule has 5 atom stereocenters. The zero-order valence-electron chi connectivity index (χ0n) is 16.8. The van der Waals surface area contributed by atoms with Crippen molar-refractivity contribution in [2.75, 3.05) is 25.0 Å². The number of β-amino-alcohol motifs (C(OH)–C–C–N with tert-alkyl or cyclic N) is 1. The van der Waals surface area contributed by atoms with E-state index in [4.69, 9.17) is 11.6 Å². The van der Waals surface area contributed by atoms with E-state index in [-0.39, 0.29) is 36.1 Å². The van der Waals surface area contributed by atoms with Crippen molar-refractivity contribution in [3.05, 3.63) is 29.3 Å². The van der Waals surface area contributed by atoms with Crippen molar-refractivity contribution in [2.24, 2.45) is 11.8 Å². The number of nitrogens with one attached hydrogen (secondary N) is 2. The molecule has 1 spiro atoms. The molecule has 1 aromatic carbocycles. The van der Waals surface area contributed by atoms with E-state index in [1.165, 1.54) is 4.90 Å². The summed E-state index contributed by atoms with van der Waals surface area (Å²) in [5.74, 6) is -1.56. The molecule has 3 aliphatic heterocycles. The van der Waals surface area contributed by atoms with Gasteiger partial charge in [-0.05, 0) is 43.5 Å². The predicted octanol–water partition coefficient (Wildman–Crippen LogP) is 1.89. The maximum absolute atomic E-state index is 13.4. The Hall–Kier alpha value is -1.77. The molecule has 3 heterocycles. The average molecular weight is 452 g/mol. The van der Waals surface area contributed by atoms with Gasteiger partial charge in [0.2, 0.25) is 17.7 Å². The van der Waals surface area contributed by atoms with Crippen LogP contribution in [0.25, 0.3) is 0 Å². The van der Waals surface area contributed by atoms with Crippen LogP contribution in [0.3, 0.4) is 0 Å². The number of likely N-dealkylation sites (tertiary alicyclic amines) is 1. The number of rotatable bonds is 7. The number of aliphatic hydroxyl groups is 1. The van der Waals surface area contributed by atoms with Crippen molar-refractivity contribution in [1.82, 2.24) is 10.2 Å². The fourth-order valence-corrected chi connectivity index (χ4v) is 7.56. The second-order valence-electron chi connectivity index (χ2n) is 8.10. The number of halogens is 1. The van der Waals surface area contributed by atoms with Crippen molar-refractivity contribution >= 4 is 46.8 Å². The van der Waals surface area contributed by atoms with E-state index in [1.807, 2.05) is 6.92 Å². The molecular weight excluding hydrogens is 426 g/mol. The smallest absolute Gasteiger partial charge is 0.248 e. The average Bonchev–Trinajstić information content (AvgIpc) is 3.36. The highest BCUT2D eigenvalue weighted by Gasteiger charge is 2.73. The van der Waals surface area contributed by atoms with E-state index in [0.29, 0.717) is 23.7 Å². The van der Waals surface area contributed by atoms with E-state index < -0.39 is 22.6 Å². The van der Waals surface area contributed by atoms with Crippen LogP contribution >= 0.6 is 23.4 Å². The SMILES string of the molecule is CCCNC(=O)[C@@H]1[C@H]2C(=O)N(CCO)C(C(=O)Nc3ccc(Cl)cc3)C23CC[C@H]1S3. The summed E-state index contributed by atoms with van der Waals surface area (Å²) in [6.45, 7) is 2.39. The first-order chi connectivity index (χ1) is 14.4. The van der Waals surface area contributed by atoms with Crippen LogP contribution in [0.5, 0.6) is 0 Å². The summed E-state index contributed by atoms with van der Waals surface area (Å²) in [7, 11) is 0. The van der Waals surface area contributed by atoms with Crippen LogP contribution in [-0.4, -0.2) is 63.5 Å². The summed E-state index contributed by atoms with van der Waals surface area (Å²) >= 11 is 7.54. The number of thioether (sulfide) groups is 1. The number of amides is 3. The highest BCUT2D eigenvalue weighted by Crippen LogP contribution is 2.66.